The first kappa shape index (κ1) is 18.7. The minimum Gasteiger partial charge on any atom is -0.331 e. The number of benzene rings is 1. The summed E-state index contributed by atoms with van der Waals surface area (Å²) in [6.45, 7) is 3.71. The number of aryl methyl sites for hydroxylation is 2. The van der Waals surface area contributed by atoms with Gasteiger partial charge in [0.15, 0.2) is 0 Å². The molecule has 2 amide bonds. The first-order chi connectivity index (χ1) is 13.5. The summed E-state index contributed by atoms with van der Waals surface area (Å²) in [5.41, 5.74) is 3.58. The summed E-state index contributed by atoms with van der Waals surface area (Å²) in [5.74, 6) is -0.326. The van der Waals surface area contributed by atoms with Gasteiger partial charge in [0.05, 0.1) is 6.04 Å². The fourth-order valence-corrected chi connectivity index (χ4v) is 5.24. The monoisotopic (exact) mass is 397 g/mol. The molecule has 2 aromatic heterocycles. The molecule has 4 nitrogen and oxygen atoms in total. The van der Waals surface area contributed by atoms with Crippen molar-refractivity contribution in [2.45, 2.75) is 45.6 Å². The van der Waals surface area contributed by atoms with Crippen LogP contribution in [-0.2, 0) is 12.8 Å². The van der Waals surface area contributed by atoms with Gasteiger partial charge in [-0.1, -0.05) is 6.07 Å². The second kappa shape index (κ2) is 7.80. The van der Waals surface area contributed by atoms with Crippen LogP contribution in [0, 0.1) is 12.7 Å². The number of amides is 2. The van der Waals surface area contributed by atoms with Crippen molar-refractivity contribution in [1.82, 2.24) is 9.88 Å². The summed E-state index contributed by atoms with van der Waals surface area (Å²) in [7, 11) is 0. The molecule has 0 spiro atoms. The van der Waals surface area contributed by atoms with Crippen molar-refractivity contribution in [2.75, 3.05) is 5.32 Å². The summed E-state index contributed by atoms with van der Waals surface area (Å²) < 4.78 is 15.9. The third kappa shape index (κ3) is 3.69. The molecule has 1 atom stereocenters. The SMILES string of the molecule is Cc1ccc(NC(=O)N[C@@H](C)c2c(-n3cccc3)sc3c2CCCC3)cc1F. The lowest BCUT2D eigenvalue weighted by Crippen LogP contribution is -2.32. The number of fused-ring (bicyclic) bond motifs is 1. The van der Waals surface area contributed by atoms with E-state index in [9.17, 15) is 9.18 Å². The Bertz CT molecular complexity index is 994. The normalized spacial score (nSPS) is 14.4. The molecule has 0 bridgehead atoms. The predicted octanol–water partition coefficient (Wildman–Crippen LogP) is 5.75. The van der Waals surface area contributed by atoms with Crippen LogP contribution in [0.1, 0.15) is 47.4 Å². The van der Waals surface area contributed by atoms with Crippen LogP contribution in [0.3, 0.4) is 0 Å². The van der Waals surface area contributed by atoms with Crippen molar-refractivity contribution in [3.05, 3.63) is 70.1 Å². The van der Waals surface area contributed by atoms with E-state index in [1.807, 2.05) is 42.8 Å². The Hall–Kier alpha value is -2.60. The molecular formula is C22H24FN3OS. The van der Waals surface area contributed by atoms with E-state index in [4.69, 9.17) is 0 Å². The molecule has 0 fully saturated rings. The van der Waals surface area contributed by atoms with E-state index in [2.05, 4.69) is 15.2 Å². The van der Waals surface area contributed by atoms with E-state index >= 15 is 0 Å². The Morgan fingerprint density at radius 2 is 1.96 bits per heavy atom. The number of anilines is 1. The van der Waals surface area contributed by atoms with Gasteiger partial charge in [-0.25, -0.2) is 9.18 Å². The largest absolute Gasteiger partial charge is 0.331 e. The number of halogens is 1. The first-order valence-corrected chi connectivity index (χ1v) is 10.5. The van der Waals surface area contributed by atoms with Gasteiger partial charge >= 0.3 is 6.03 Å². The average Bonchev–Trinajstić information content (AvgIpc) is 3.31. The molecule has 4 rings (SSSR count). The second-order valence-electron chi connectivity index (χ2n) is 7.30. The Balaban J connectivity index is 1.57. The number of hydrogen-bond donors (Lipinski definition) is 2. The average molecular weight is 398 g/mol. The maximum absolute atomic E-state index is 13.7. The summed E-state index contributed by atoms with van der Waals surface area (Å²) in [6.07, 6.45) is 8.66. The quantitative estimate of drug-likeness (QED) is 0.579. The lowest BCUT2D eigenvalue weighted by atomic mass is 9.93. The molecule has 1 aliphatic carbocycles. The summed E-state index contributed by atoms with van der Waals surface area (Å²) >= 11 is 1.82. The van der Waals surface area contributed by atoms with Crippen LogP contribution < -0.4 is 10.6 Å². The highest BCUT2D eigenvalue weighted by atomic mass is 32.1. The molecule has 1 aromatic carbocycles. The number of carbonyl (C=O) groups excluding carboxylic acids is 1. The molecule has 6 heteroatoms. The number of urea groups is 1. The van der Waals surface area contributed by atoms with E-state index in [1.54, 1.807) is 19.1 Å². The number of thiophene rings is 1. The van der Waals surface area contributed by atoms with E-state index in [1.165, 1.54) is 39.9 Å². The fraction of sp³-hybridized carbons (Fsp3) is 0.318. The molecule has 1 aliphatic rings. The summed E-state index contributed by atoms with van der Waals surface area (Å²) in [6, 6.07) is 8.26. The van der Waals surface area contributed by atoms with E-state index in [-0.39, 0.29) is 17.9 Å². The highest BCUT2D eigenvalue weighted by Crippen LogP contribution is 2.40. The molecule has 0 unspecified atom stereocenters. The second-order valence-corrected chi connectivity index (χ2v) is 8.39. The highest BCUT2D eigenvalue weighted by molar-refractivity contribution is 7.15. The van der Waals surface area contributed by atoms with E-state index < -0.39 is 0 Å². The molecule has 2 N–H and O–H groups in total. The standard InChI is InChI=1S/C22H24FN3OS/c1-14-9-10-16(13-18(14)23)25-22(27)24-15(2)20-17-7-3-4-8-19(17)28-21(20)26-11-5-6-12-26/h5-6,9-13,15H,3-4,7-8H2,1-2H3,(H2,24,25,27)/t15-/m0/s1. The fourth-order valence-electron chi connectivity index (χ4n) is 3.79. The number of hydrogen-bond acceptors (Lipinski definition) is 2. The minimum absolute atomic E-state index is 0.147. The van der Waals surface area contributed by atoms with Gasteiger partial charge in [-0.3, -0.25) is 0 Å². The topological polar surface area (TPSA) is 46.1 Å². The van der Waals surface area contributed by atoms with Crippen LogP contribution in [0.4, 0.5) is 14.9 Å². The number of aromatic nitrogens is 1. The van der Waals surface area contributed by atoms with Crippen LogP contribution in [0.2, 0.25) is 0 Å². The van der Waals surface area contributed by atoms with Crippen molar-refractivity contribution in [1.29, 1.82) is 0 Å². The maximum Gasteiger partial charge on any atom is 0.319 e. The Morgan fingerprint density at radius 1 is 1.21 bits per heavy atom. The smallest absolute Gasteiger partial charge is 0.319 e. The maximum atomic E-state index is 13.7. The van der Waals surface area contributed by atoms with Crippen LogP contribution in [-0.4, -0.2) is 10.6 Å². The van der Waals surface area contributed by atoms with Gasteiger partial charge in [-0.15, -0.1) is 11.3 Å². The number of carbonyl (C=O) groups is 1. The lowest BCUT2D eigenvalue weighted by Gasteiger charge is -2.20. The van der Waals surface area contributed by atoms with Gasteiger partial charge in [-0.05, 0) is 74.9 Å². The molecule has 3 aromatic rings. The van der Waals surface area contributed by atoms with Crippen LogP contribution >= 0.6 is 11.3 Å². The molecule has 0 aliphatic heterocycles. The Labute approximate surface area is 168 Å². The summed E-state index contributed by atoms with van der Waals surface area (Å²) in [5, 5.41) is 6.95. The summed E-state index contributed by atoms with van der Waals surface area (Å²) in [4.78, 5) is 14.0. The van der Waals surface area contributed by atoms with Gasteiger partial charge in [0.1, 0.15) is 10.8 Å². The van der Waals surface area contributed by atoms with Gasteiger partial charge in [0, 0.05) is 28.5 Å². The highest BCUT2D eigenvalue weighted by Gasteiger charge is 2.26. The Morgan fingerprint density at radius 3 is 2.71 bits per heavy atom. The number of nitrogens with one attached hydrogen (secondary N) is 2. The number of rotatable bonds is 4. The Kier molecular flexibility index (Phi) is 5.22. The molecule has 0 saturated carbocycles. The zero-order valence-corrected chi connectivity index (χ0v) is 16.9. The number of nitrogens with zero attached hydrogens (tertiary/aromatic N) is 1. The molecular weight excluding hydrogens is 373 g/mol. The van der Waals surface area contributed by atoms with Crippen LogP contribution in [0.25, 0.3) is 5.00 Å². The third-order valence-corrected chi connectivity index (χ3v) is 6.56. The van der Waals surface area contributed by atoms with E-state index in [0.717, 1.165) is 12.8 Å². The predicted molar refractivity (Wildman–Crippen MR) is 112 cm³/mol. The van der Waals surface area contributed by atoms with Gasteiger partial charge in [0.2, 0.25) is 0 Å². The lowest BCUT2D eigenvalue weighted by molar-refractivity contribution is 0.249. The van der Waals surface area contributed by atoms with Crippen molar-refractivity contribution >= 4 is 23.1 Å². The van der Waals surface area contributed by atoms with Crippen molar-refractivity contribution in [3.8, 4) is 5.00 Å². The molecule has 146 valence electrons. The van der Waals surface area contributed by atoms with Crippen molar-refractivity contribution in [3.63, 3.8) is 0 Å². The van der Waals surface area contributed by atoms with Crippen LogP contribution in [0.5, 0.6) is 0 Å². The zero-order chi connectivity index (χ0) is 19.7. The minimum atomic E-state index is -0.329. The van der Waals surface area contributed by atoms with Crippen LogP contribution in [0.15, 0.2) is 42.7 Å². The zero-order valence-electron chi connectivity index (χ0n) is 16.1. The molecule has 2 heterocycles. The third-order valence-electron chi connectivity index (χ3n) is 5.24. The van der Waals surface area contributed by atoms with Gasteiger partial charge < -0.3 is 15.2 Å². The van der Waals surface area contributed by atoms with Gasteiger partial charge in [-0.2, -0.15) is 0 Å². The molecule has 28 heavy (non-hydrogen) atoms. The van der Waals surface area contributed by atoms with Crippen molar-refractivity contribution in [2.24, 2.45) is 0 Å². The van der Waals surface area contributed by atoms with Gasteiger partial charge in [0.25, 0.3) is 0 Å². The first-order valence-electron chi connectivity index (χ1n) is 9.64. The molecule has 0 saturated heterocycles. The molecule has 0 radical (unpaired) electrons. The van der Waals surface area contributed by atoms with Crippen molar-refractivity contribution < 1.29 is 9.18 Å². The van der Waals surface area contributed by atoms with E-state index in [0.29, 0.717) is 11.3 Å².